The van der Waals surface area contributed by atoms with Crippen molar-refractivity contribution in [3.8, 4) is 5.75 Å². The van der Waals surface area contributed by atoms with Crippen LogP contribution in [0.1, 0.15) is 56.3 Å². The summed E-state index contributed by atoms with van der Waals surface area (Å²) in [6.45, 7) is 2.90. The van der Waals surface area contributed by atoms with E-state index in [4.69, 9.17) is 0 Å². The first-order valence-electron chi connectivity index (χ1n) is 10.5. The van der Waals surface area contributed by atoms with Crippen LogP contribution in [0.2, 0.25) is 0 Å². The number of piperidine rings is 1. The predicted octanol–water partition coefficient (Wildman–Crippen LogP) is 4.18. The first-order valence-corrected chi connectivity index (χ1v) is 10.5. The van der Waals surface area contributed by atoms with E-state index in [0.717, 1.165) is 38.6 Å². The summed E-state index contributed by atoms with van der Waals surface area (Å²) >= 11 is 0. The van der Waals surface area contributed by atoms with Gasteiger partial charge in [-0.15, -0.1) is 0 Å². The van der Waals surface area contributed by atoms with Crippen LogP contribution in [0.3, 0.4) is 0 Å². The quantitative estimate of drug-likeness (QED) is 0.649. The molecule has 0 N–H and O–H groups in total. The lowest BCUT2D eigenvalue weighted by atomic mass is 9.95. The Morgan fingerprint density at radius 1 is 1.21 bits per heavy atom. The number of amides is 2. The molecule has 0 aromatic heterocycles. The highest BCUT2D eigenvalue weighted by Crippen LogP contribution is 2.31. The monoisotopic (exact) mass is 408 g/mol. The van der Waals surface area contributed by atoms with Crippen LogP contribution in [-0.4, -0.2) is 53.9 Å². The smallest absolute Gasteiger partial charge is 0.387 e. The van der Waals surface area contributed by atoms with Gasteiger partial charge in [-0.2, -0.15) is 8.78 Å². The second-order valence-corrected chi connectivity index (χ2v) is 8.41. The molecule has 2 amide bonds. The fourth-order valence-electron chi connectivity index (χ4n) is 3.87. The van der Waals surface area contributed by atoms with Crippen molar-refractivity contribution in [3.05, 3.63) is 29.8 Å². The zero-order chi connectivity index (χ0) is 21.0. The van der Waals surface area contributed by atoms with Crippen LogP contribution in [0, 0.1) is 11.8 Å². The molecule has 7 heteroatoms. The standard InChI is InChI=1S/C22H30F2N2O3/c1-15(2)11-13-26(17-9-10-17)20(27)16-6-5-12-25(14-16)21(28)18-7-3-4-8-19(18)29-22(23)24/h3-4,7-8,15-17,22H,5-6,9-14H2,1-2H3. The van der Waals surface area contributed by atoms with Gasteiger partial charge in [-0.25, -0.2) is 0 Å². The molecule has 1 saturated carbocycles. The number of rotatable bonds is 8. The number of ether oxygens (including phenoxy) is 1. The molecule has 1 heterocycles. The molecule has 29 heavy (non-hydrogen) atoms. The zero-order valence-electron chi connectivity index (χ0n) is 17.2. The summed E-state index contributed by atoms with van der Waals surface area (Å²) in [7, 11) is 0. The number of hydrogen-bond acceptors (Lipinski definition) is 3. The number of benzene rings is 1. The summed E-state index contributed by atoms with van der Waals surface area (Å²) in [6.07, 6.45) is 4.55. The van der Waals surface area contributed by atoms with Gasteiger partial charge in [0.25, 0.3) is 5.91 Å². The van der Waals surface area contributed by atoms with Gasteiger partial charge in [0.05, 0.1) is 11.5 Å². The van der Waals surface area contributed by atoms with E-state index in [1.807, 2.05) is 4.90 Å². The highest BCUT2D eigenvalue weighted by molar-refractivity contribution is 5.97. The molecule has 0 radical (unpaired) electrons. The van der Waals surface area contributed by atoms with E-state index in [9.17, 15) is 18.4 Å². The van der Waals surface area contributed by atoms with E-state index >= 15 is 0 Å². The lowest BCUT2D eigenvalue weighted by molar-refractivity contribution is -0.137. The lowest BCUT2D eigenvalue weighted by Gasteiger charge is -2.35. The van der Waals surface area contributed by atoms with Gasteiger partial charge in [-0.1, -0.05) is 26.0 Å². The maximum atomic E-state index is 13.2. The first kappa shape index (κ1) is 21.5. The van der Waals surface area contributed by atoms with E-state index in [1.165, 1.54) is 12.1 Å². The van der Waals surface area contributed by atoms with Gasteiger partial charge in [0.15, 0.2) is 0 Å². The molecule has 2 fully saturated rings. The minimum atomic E-state index is -2.99. The number of para-hydroxylation sites is 1. The van der Waals surface area contributed by atoms with Gasteiger partial charge in [0, 0.05) is 25.7 Å². The van der Waals surface area contributed by atoms with Gasteiger partial charge in [-0.3, -0.25) is 9.59 Å². The van der Waals surface area contributed by atoms with Crippen LogP contribution < -0.4 is 4.74 Å². The number of alkyl halides is 2. The Bertz CT molecular complexity index is 722. The Labute approximate surface area is 171 Å². The van der Waals surface area contributed by atoms with Gasteiger partial charge in [-0.05, 0) is 50.2 Å². The Morgan fingerprint density at radius 2 is 1.93 bits per heavy atom. The largest absolute Gasteiger partial charge is 0.434 e. The Hall–Kier alpha value is -2.18. The molecule has 2 aliphatic rings. The van der Waals surface area contributed by atoms with Gasteiger partial charge < -0.3 is 14.5 Å². The maximum Gasteiger partial charge on any atom is 0.387 e. The van der Waals surface area contributed by atoms with Crippen LogP contribution in [0.15, 0.2) is 24.3 Å². The van der Waals surface area contributed by atoms with E-state index in [1.54, 1.807) is 17.0 Å². The van der Waals surface area contributed by atoms with E-state index < -0.39 is 6.61 Å². The summed E-state index contributed by atoms with van der Waals surface area (Å²) in [5, 5.41) is 0. The molecule has 1 unspecified atom stereocenters. The fraction of sp³-hybridized carbons (Fsp3) is 0.636. The van der Waals surface area contributed by atoms with Crippen molar-refractivity contribution in [2.45, 2.75) is 58.6 Å². The molecule has 0 bridgehead atoms. The van der Waals surface area contributed by atoms with Crippen LogP contribution >= 0.6 is 0 Å². The zero-order valence-corrected chi connectivity index (χ0v) is 17.2. The van der Waals surface area contributed by atoms with Crippen LogP contribution in [0.5, 0.6) is 5.75 Å². The molecule has 5 nitrogen and oxygen atoms in total. The van der Waals surface area contributed by atoms with Crippen LogP contribution in [-0.2, 0) is 4.79 Å². The number of hydrogen-bond donors (Lipinski definition) is 0. The lowest BCUT2D eigenvalue weighted by Crippen LogP contribution is -2.47. The molecule has 3 rings (SSSR count). The van der Waals surface area contributed by atoms with Gasteiger partial charge in [0.1, 0.15) is 5.75 Å². The summed E-state index contributed by atoms with van der Waals surface area (Å²) in [5.74, 6) is -0.0670. The highest BCUT2D eigenvalue weighted by Gasteiger charge is 2.38. The first-order chi connectivity index (χ1) is 13.9. The minimum absolute atomic E-state index is 0.111. The second-order valence-electron chi connectivity index (χ2n) is 8.41. The summed E-state index contributed by atoms with van der Waals surface area (Å²) in [4.78, 5) is 29.8. The number of likely N-dealkylation sites (tertiary alicyclic amines) is 1. The third kappa shape index (κ3) is 5.67. The van der Waals surface area contributed by atoms with Crippen molar-refractivity contribution in [1.29, 1.82) is 0 Å². The molecule has 160 valence electrons. The molecule has 1 aliphatic carbocycles. The number of nitrogens with zero attached hydrogens (tertiary/aromatic N) is 2. The van der Waals surface area contributed by atoms with Gasteiger partial charge in [0.2, 0.25) is 5.91 Å². The minimum Gasteiger partial charge on any atom is -0.434 e. The Kier molecular flexibility index (Phi) is 7.09. The Morgan fingerprint density at radius 3 is 2.59 bits per heavy atom. The molecule has 1 saturated heterocycles. The third-order valence-electron chi connectivity index (χ3n) is 5.61. The van der Waals surface area contributed by atoms with Crippen LogP contribution in [0.4, 0.5) is 8.78 Å². The van der Waals surface area contributed by atoms with Crippen molar-refractivity contribution in [3.63, 3.8) is 0 Å². The molecule has 1 aliphatic heterocycles. The second kappa shape index (κ2) is 9.55. The third-order valence-corrected chi connectivity index (χ3v) is 5.61. The van der Waals surface area contributed by atoms with Crippen molar-refractivity contribution in [2.75, 3.05) is 19.6 Å². The van der Waals surface area contributed by atoms with Crippen molar-refractivity contribution < 1.29 is 23.1 Å². The average molecular weight is 408 g/mol. The van der Waals surface area contributed by atoms with Crippen LogP contribution in [0.25, 0.3) is 0 Å². The molecular formula is C22H30F2N2O3. The molecule has 0 spiro atoms. The fourth-order valence-corrected chi connectivity index (χ4v) is 3.87. The average Bonchev–Trinajstić information content (AvgIpc) is 3.52. The highest BCUT2D eigenvalue weighted by atomic mass is 19.3. The normalized spacial score (nSPS) is 19.5. The summed E-state index contributed by atoms with van der Waals surface area (Å²) in [6, 6.07) is 6.38. The van der Waals surface area contributed by atoms with Gasteiger partial charge >= 0.3 is 6.61 Å². The number of halogens is 2. The molecule has 1 aromatic rings. The van der Waals surface area contributed by atoms with E-state index in [0.29, 0.717) is 25.0 Å². The molecule has 1 aromatic carbocycles. The number of carbonyl (C=O) groups excluding carboxylic acids is 2. The van der Waals surface area contributed by atoms with E-state index in [-0.39, 0.29) is 29.0 Å². The van der Waals surface area contributed by atoms with Crippen molar-refractivity contribution in [1.82, 2.24) is 9.80 Å². The summed E-state index contributed by atoms with van der Waals surface area (Å²) < 4.78 is 29.9. The molecular weight excluding hydrogens is 378 g/mol. The number of carbonyl (C=O) groups is 2. The van der Waals surface area contributed by atoms with Crippen molar-refractivity contribution in [2.24, 2.45) is 11.8 Å². The Balaban J connectivity index is 1.68. The summed E-state index contributed by atoms with van der Waals surface area (Å²) in [5.41, 5.74) is 0.111. The maximum absolute atomic E-state index is 13.2. The SMILES string of the molecule is CC(C)CCN(C(=O)C1CCCN(C(=O)c2ccccc2OC(F)F)C1)C1CC1. The topological polar surface area (TPSA) is 49.9 Å². The van der Waals surface area contributed by atoms with Crippen molar-refractivity contribution >= 4 is 11.8 Å². The molecule has 1 atom stereocenters. The van der Waals surface area contributed by atoms with E-state index in [2.05, 4.69) is 18.6 Å². The predicted molar refractivity (Wildman–Crippen MR) is 106 cm³/mol.